The van der Waals surface area contributed by atoms with Gasteiger partial charge >= 0.3 is 0 Å². The van der Waals surface area contributed by atoms with Gasteiger partial charge in [0.05, 0.1) is 57.2 Å². The molecule has 3 aliphatic heterocycles. The van der Waals surface area contributed by atoms with Crippen LogP contribution in [0.25, 0.3) is 70.9 Å². The third-order valence-electron chi connectivity index (χ3n) is 20.7. The standard InChI is InChI=1S/C78H110N4O2S8Si2/c1-9-17-25-33-41-55-49-63-75(85-55)77-65(93(63,45-37-29-21-13-5)46-38-30-22-14-6)53-61(89-77)59-51-57(83-43-35-27-19-11-3)73(87-59)67-69-71(81-91-79-69)68(72-70(67)80-92-82-72)74-58(84-44-36-28-20-12-4)52-60(88-74)62-54-66-78(90-62)76-64(50-56(86-76)42-34-26-18-10-2)94(66,47-39-31-23-15-7)48-40-32-24-16-8/h49-54H,9-48H2,1-8H3. The molecule has 0 radical (unpaired) electrons. The van der Waals surface area contributed by atoms with Crippen LogP contribution >= 0.6 is 79.7 Å². The van der Waals surface area contributed by atoms with Crippen LogP contribution in [0.5, 0.6) is 11.5 Å². The van der Waals surface area contributed by atoms with Crippen LogP contribution in [0, 0.1) is 0 Å². The molecule has 0 atom stereocenters. The summed E-state index contributed by atoms with van der Waals surface area (Å²) in [5.74, 6) is 1.90. The molecule has 0 N–H and O–H groups in total. The Morgan fingerprint density at radius 2 is 0.628 bits per heavy atom. The van der Waals surface area contributed by atoms with E-state index in [1.54, 1.807) is 50.0 Å². The van der Waals surface area contributed by atoms with Gasteiger partial charge in [0.15, 0.2) is 0 Å². The molecule has 7 aromatic heterocycles. The van der Waals surface area contributed by atoms with Gasteiger partial charge in [-0.05, 0) is 108 Å². The maximum atomic E-state index is 7.11. The maximum absolute atomic E-state index is 7.11. The lowest BCUT2D eigenvalue weighted by molar-refractivity contribution is 0.307. The monoisotopic (exact) mass is 1450 g/mol. The van der Waals surface area contributed by atoms with Crippen LogP contribution < -0.4 is 30.2 Å². The summed E-state index contributed by atoms with van der Waals surface area (Å²) in [6.45, 7) is 20.1. The Morgan fingerprint density at radius 3 is 0.989 bits per heavy atom. The van der Waals surface area contributed by atoms with Crippen LogP contribution in [0.1, 0.15) is 271 Å². The largest absolute Gasteiger partial charge is 0.492 e. The van der Waals surface area contributed by atoms with Crippen LogP contribution in [0.15, 0.2) is 45.1 Å². The Balaban J connectivity index is 1.02. The van der Waals surface area contributed by atoms with E-state index in [2.05, 4.69) is 137 Å². The summed E-state index contributed by atoms with van der Waals surface area (Å²) in [6.07, 6.45) is 43.4. The predicted molar refractivity (Wildman–Crippen MR) is 430 cm³/mol. The first-order valence-electron chi connectivity index (χ1n) is 37.8. The molecule has 0 saturated heterocycles. The molecule has 16 heteroatoms. The summed E-state index contributed by atoms with van der Waals surface area (Å²) < 4.78 is 35.5. The number of fused-ring (bicyclic) bond motifs is 8. The number of aryl methyl sites for hydroxylation is 2. The van der Waals surface area contributed by atoms with Crippen molar-refractivity contribution in [2.45, 2.75) is 298 Å². The summed E-state index contributed by atoms with van der Waals surface area (Å²) in [5.41, 5.74) is 5.64. The number of ether oxygens (including phenoxy) is 2. The molecule has 0 fully saturated rings. The molecule has 0 bridgehead atoms. The summed E-state index contributed by atoms with van der Waals surface area (Å²) in [5, 5.41) is 7.09. The minimum absolute atomic E-state index is 0.683. The molecule has 0 saturated carbocycles. The van der Waals surface area contributed by atoms with Crippen molar-refractivity contribution in [1.82, 2.24) is 8.75 Å². The van der Waals surface area contributed by atoms with Crippen LogP contribution in [0.3, 0.4) is 0 Å². The summed E-state index contributed by atoms with van der Waals surface area (Å²) >= 11 is 14.9. The first-order valence-corrected chi connectivity index (χ1v) is 49.0. The summed E-state index contributed by atoms with van der Waals surface area (Å²) in [6, 6.07) is 21.3. The van der Waals surface area contributed by atoms with E-state index in [-0.39, 0.29) is 0 Å². The second kappa shape index (κ2) is 35.9. The van der Waals surface area contributed by atoms with E-state index in [0.29, 0.717) is 13.2 Å². The first kappa shape index (κ1) is 72.3. The Morgan fingerprint density at radius 1 is 0.319 bits per heavy atom. The van der Waals surface area contributed by atoms with Gasteiger partial charge in [-0.15, -0.1) is 68.0 Å². The van der Waals surface area contributed by atoms with Gasteiger partial charge in [0, 0.05) is 60.9 Å². The zero-order valence-corrected chi connectivity index (χ0v) is 67.2. The zero-order valence-electron chi connectivity index (χ0n) is 58.6. The van der Waals surface area contributed by atoms with Gasteiger partial charge in [0.1, 0.15) is 50.1 Å². The van der Waals surface area contributed by atoms with Crippen molar-refractivity contribution in [3.63, 3.8) is 0 Å². The van der Waals surface area contributed by atoms with Crippen molar-refractivity contribution in [2.24, 2.45) is 8.73 Å². The highest BCUT2D eigenvalue weighted by Crippen LogP contribution is 2.60. The molecule has 94 heavy (non-hydrogen) atoms. The molecule has 3 aliphatic rings. The van der Waals surface area contributed by atoms with Gasteiger partial charge in [-0.2, -0.15) is 17.5 Å². The molecular formula is C78H110N4O2S8Si2. The van der Waals surface area contributed by atoms with Crippen LogP contribution in [-0.4, -0.2) is 38.1 Å². The molecule has 0 spiro atoms. The van der Waals surface area contributed by atoms with Gasteiger partial charge in [0.25, 0.3) is 0 Å². The number of nitrogens with zero attached hydrogens (tertiary/aromatic N) is 4. The number of hydrogen-bond acceptors (Lipinski definition) is 13. The summed E-state index contributed by atoms with van der Waals surface area (Å²) in [7, 11) is -4.09. The van der Waals surface area contributed by atoms with E-state index < -0.39 is 16.1 Å². The quantitative estimate of drug-likeness (QED) is 0.0282. The fraction of sp³-hybridized carbons (Fsp3) is 0.615. The molecule has 0 amide bonds. The minimum Gasteiger partial charge on any atom is -0.492 e. The zero-order chi connectivity index (χ0) is 65.3. The van der Waals surface area contributed by atoms with Gasteiger partial charge in [0.2, 0.25) is 0 Å². The second-order valence-corrected chi connectivity index (χ2v) is 43.8. The highest BCUT2D eigenvalue weighted by molar-refractivity contribution is 7.58. The lowest BCUT2D eigenvalue weighted by Gasteiger charge is -2.29. The van der Waals surface area contributed by atoms with Crippen LogP contribution in [0.2, 0.25) is 24.2 Å². The SMILES string of the molecule is CCCCCCOc1cc(-c2cc3c(s2)-c2sc(CCCCCC)cc2[Si]3(CCCCCC)CCCCCC)sc1-c1c2c(c(-c3sc(-c4cc5c(s4)-c4sc(CCCCCC)cc4[Si]5(CCCCCC)CCCCCC)cc3OCCCCCC)c3nsnc13)N=S=N2. The average molecular weight is 1450 g/mol. The normalized spacial score (nSPS) is 14.0. The third kappa shape index (κ3) is 16.1. The minimum atomic E-state index is -2.05. The number of aromatic nitrogens is 2. The first-order chi connectivity index (χ1) is 46.3. The van der Waals surface area contributed by atoms with Crippen molar-refractivity contribution >= 4 is 150 Å². The molecular weight excluding hydrogens is 1340 g/mol. The number of unbranched alkanes of at least 4 members (excludes halogenated alkanes) is 24. The number of hydrogen-bond donors (Lipinski definition) is 0. The Labute approximate surface area is 600 Å². The fourth-order valence-corrected chi connectivity index (χ4v) is 38.0. The molecule has 6 nitrogen and oxygen atoms in total. The average Bonchev–Trinajstić information content (AvgIpc) is 1.56. The van der Waals surface area contributed by atoms with E-state index in [1.807, 2.05) is 22.7 Å². The smallest absolute Gasteiger partial charge is 0.138 e. The van der Waals surface area contributed by atoms with E-state index in [0.717, 1.165) is 67.6 Å². The van der Waals surface area contributed by atoms with Gasteiger partial charge < -0.3 is 9.47 Å². The topological polar surface area (TPSA) is 69.0 Å². The van der Waals surface area contributed by atoms with E-state index in [1.165, 1.54) is 272 Å². The predicted octanol–water partition coefficient (Wildman–Crippen LogP) is 27.0. The number of thiophene rings is 6. The molecule has 510 valence electrons. The molecule has 0 unspecified atom stereocenters. The highest BCUT2D eigenvalue weighted by atomic mass is 32.1. The lowest BCUT2D eigenvalue weighted by atomic mass is 10.00. The van der Waals surface area contributed by atoms with Gasteiger partial charge in [-0.1, -0.05) is 235 Å². The highest BCUT2D eigenvalue weighted by Gasteiger charge is 2.49. The molecule has 11 rings (SSSR count). The van der Waals surface area contributed by atoms with Gasteiger partial charge in [-0.25, -0.2) is 0 Å². The molecule has 1 aromatic carbocycles. The maximum Gasteiger partial charge on any atom is 0.138 e. The number of rotatable bonds is 46. The number of benzene rings is 1. The Kier molecular flexibility index (Phi) is 27.6. The molecule has 10 heterocycles. The molecule has 0 aliphatic carbocycles. The Bertz CT molecular complexity index is 3510. The van der Waals surface area contributed by atoms with Crippen molar-refractivity contribution in [1.29, 1.82) is 0 Å². The molecule has 8 aromatic rings. The summed E-state index contributed by atoms with van der Waals surface area (Å²) in [4.78, 5) is 17.3. The van der Waals surface area contributed by atoms with Crippen molar-refractivity contribution < 1.29 is 9.47 Å². The van der Waals surface area contributed by atoms with E-state index in [4.69, 9.17) is 26.9 Å². The van der Waals surface area contributed by atoms with Crippen LogP contribution in [0.4, 0.5) is 11.4 Å². The van der Waals surface area contributed by atoms with E-state index >= 15 is 0 Å². The van der Waals surface area contributed by atoms with Crippen molar-refractivity contribution in [3.05, 3.63) is 46.2 Å². The fourth-order valence-electron chi connectivity index (χ4n) is 15.4. The van der Waals surface area contributed by atoms with Crippen LogP contribution in [-0.2, 0) is 24.2 Å². The van der Waals surface area contributed by atoms with Gasteiger partial charge in [-0.3, -0.25) is 0 Å². The second-order valence-electron chi connectivity index (χ2n) is 27.7. The Hall–Kier alpha value is -2.91. The van der Waals surface area contributed by atoms with E-state index in [9.17, 15) is 0 Å². The van der Waals surface area contributed by atoms with Crippen molar-refractivity contribution in [2.75, 3.05) is 13.2 Å². The lowest BCUT2D eigenvalue weighted by Crippen LogP contribution is -2.54. The van der Waals surface area contributed by atoms with Crippen molar-refractivity contribution in [3.8, 4) is 71.4 Å². The third-order valence-corrected chi connectivity index (χ3v) is 40.6.